The molecule has 0 aromatic carbocycles. The minimum atomic E-state index is -4.41. The minimum absolute atomic E-state index is 0.128. The second kappa shape index (κ2) is 8.27. The van der Waals surface area contributed by atoms with E-state index in [1.165, 1.54) is 0 Å². The van der Waals surface area contributed by atoms with Crippen LogP contribution in [-0.4, -0.2) is 41.9 Å². The Balaban J connectivity index is 1.74. The molecule has 0 radical (unpaired) electrons. The lowest BCUT2D eigenvalue weighted by Gasteiger charge is -2.31. The molecule has 0 bridgehead atoms. The van der Waals surface area contributed by atoms with Crippen molar-refractivity contribution < 1.29 is 18.0 Å². The van der Waals surface area contributed by atoms with Crippen LogP contribution in [0, 0.1) is 5.92 Å². The van der Waals surface area contributed by atoms with Gasteiger partial charge in [-0.15, -0.1) is 0 Å². The van der Waals surface area contributed by atoms with Gasteiger partial charge in [0.15, 0.2) is 0 Å². The Bertz CT molecular complexity index is 525. The van der Waals surface area contributed by atoms with Gasteiger partial charge < -0.3 is 15.5 Å². The van der Waals surface area contributed by atoms with Crippen molar-refractivity contribution >= 4 is 12.2 Å². The molecule has 1 aromatic rings. The van der Waals surface area contributed by atoms with Crippen molar-refractivity contribution in [1.29, 1.82) is 0 Å². The number of oxime groups is 1. The Labute approximate surface area is 138 Å². The Morgan fingerprint density at radius 1 is 1.38 bits per heavy atom. The highest BCUT2D eigenvalue weighted by Gasteiger charge is 2.31. The minimum Gasteiger partial charge on any atom is -0.396 e. The first-order chi connectivity index (χ1) is 11.4. The van der Waals surface area contributed by atoms with Crippen molar-refractivity contribution in [2.45, 2.75) is 38.4 Å². The molecule has 1 saturated heterocycles. The molecule has 0 spiro atoms. The monoisotopic (exact) mass is 345 g/mol. The van der Waals surface area contributed by atoms with Crippen LogP contribution >= 0.6 is 0 Å². The number of anilines is 1. The van der Waals surface area contributed by atoms with Gasteiger partial charge in [0, 0.05) is 31.5 Å². The van der Waals surface area contributed by atoms with Gasteiger partial charge in [0.1, 0.15) is 6.61 Å². The van der Waals surface area contributed by atoms with E-state index in [1.807, 2.05) is 11.8 Å². The molecule has 1 fully saturated rings. The lowest BCUT2D eigenvalue weighted by molar-refractivity contribution is -0.138. The summed E-state index contributed by atoms with van der Waals surface area (Å²) < 4.78 is 37.5. The molecule has 2 heterocycles. The van der Waals surface area contributed by atoms with Crippen molar-refractivity contribution in [3.05, 3.63) is 18.0 Å². The van der Waals surface area contributed by atoms with Gasteiger partial charge >= 0.3 is 6.18 Å². The Hall–Kier alpha value is -1.90. The first kappa shape index (κ1) is 18.4. The molecule has 24 heavy (non-hydrogen) atoms. The fourth-order valence-electron chi connectivity index (χ4n) is 2.46. The number of halogens is 3. The van der Waals surface area contributed by atoms with E-state index in [9.17, 15) is 13.2 Å². The van der Waals surface area contributed by atoms with E-state index < -0.39 is 11.7 Å². The standard InChI is InChI=1S/C15H22F3N5O/c1-11(19)8-22-24-7-4-12-2-5-23(6-3-12)14-20-9-13(10-21-14)15(16,17)18/h8-12H,2-7,19H2,1H3/b22-8+. The maximum absolute atomic E-state index is 12.5. The average Bonchev–Trinajstić information content (AvgIpc) is 2.54. The fourth-order valence-corrected chi connectivity index (χ4v) is 2.46. The second-order valence-corrected chi connectivity index (χ2v) is 5.94. The summed E-state index contributed by atoms with van der Waals surface area (Å²) >= 11 is 0. The number of nitrogens with zero attached hydrogens (tertiary/aromatic N) is 4. The van der Waals surface area contributed by atoms with Gasteiger partial charge in [-0.2, -0.15) is 13.2 Å². The number of piperidine rings is 1. The van der Waals surface area contributed by atoms with Crippen LogP contribution in [0.25, 0.3) is 0 Å². The normalized spacial score (nSPS) is 18.1. The summed E-state index contributed by atoms with van der Waals surface area (Å²) in [6.45, 7) is 3.79. The van der Waals surface area contributed by atoms with Crippen LogP contribution in [0.15, 0.2) is 17.5 Å². The van der Waals surface area contributed by atoms with E-state index in [4.69, 9.17) is 10.6 Å². The highest BCUT2D eigenvalue weighted by molar-refractivity contribution is 5.62. The summed E-state index contributed by atoms with van der Waals surface area (Å²) in [5.41, 5.74) is 4.68. The predicted molar refractivity (Wildman–Crippen MR) is 84.7 cm³/mol. The molecular weight excluding hydrogens is 323 g/mol. The maximum atomic E-state index is 12.5. The van der Waals surface area contributed by atoms with Crippen molar-refractivity contribution in [3.8, 4) is 0 Å². The summed E-state index contributed by atoms with van der Waals surface area (Å²) in [6.07, 6.45) is 1.53. The third-order valence-electron chi connectivity index (χ3n) is 3.85. The first-order valence-electron chi connectivity index (χ1n) is 7.91. The molecule has 1 aliphatic heterocycles. The summed E-state index contributed by atoms with van der Waals surface area (Å²) in [5, 5.41) is 3.77. The number of aromatic nitrogens is 2. The van der Waals surface area contributed by atoms with Crippen molar-refractivity contribution in [2.24, 2.45) is 16.8 Å². The van der Waals surface area contributed by atoms with E-state index in [2.05, 4.69) is 15.1 Å². The Kier molecular flexibility index (Phi) is 6.36. The topological polar surface area (TPSA) is 76.6 Å². The second-order valence-electron chi connectivity index (χ2n) is 5.94. The zero-order valence-corrected chi connectivity index (χ0v) is 13.5. The molecular formula is C15H22F3N5O. The molecule has 2 rings (SSSR count). The summed E-state index contributed by atoms with van der Waals surface area (Å²) in [6, 6.07) is -0.128. The highest BCUT2D eigenvalue weighted by Crippen LogP contribution is 2.29. The van der Waals surface area contributed by atoms with Crippen molar-refractivity contribution in [3.63, 3.8) is 0 Å². The van der Waals surface area contributed by atoms with E-state index in [-0.39, 0.29) is 6.04 Å². The summed E-state index contributed by atoms with van der Waals surface area (Å²) in [4.78, 5) is 14.7. The van der Waals surface area contributed by atoms with Gasteiger partial charge in [-0.05, 0) is 32.1 Å². The van der Waals surface area contributed by atoms with Crippen molar-refractivity contribution in [1.82, 2.24) is 9.97 Å². The highest BCUT2D eigenvalue weighted by atomic mass is 19.4. The number of rotatable bonds is 6. The molecule has 1 unspecified atom stereocenters. The summed E-state index contributed by atoms with van der Waals surface area (Å²) in [5.74, 6) is 0.848. The van der Waals surface area contributed by atoms with Crippen LogP contribution in [0.5, 0.6) is 0 Å². The average molecular weight is 345 g/mol. The van der Waals surface area contributed by atoms with Crippen LogP contribution in [0.3, 0.4) is 0 Å². The van der Waals surface area contributed by atoms with E-state index in [0.29, 0.717) is 18.5 Å². The third-order valence-corrected chi connectivity index (χ3v) is 3.85. The molecule has 134 valence electrons. The van der Waals surface area contributed by atoms with Crippen LogP contribution in [-0.2, 0) is 11.0 Å². The van der Waals surface area contributed by atoms with Gasteiger partial charge in [0.25, 0.3) is 0 Å². The van der Waals surface area contributed by atoms with Gasteiger partial charge in [-0.25, -0.2) is 9.97 Å². The number of alkyl halides is 3. The van der Waals surface area contributed by atoms with E-state index in [0.717, 1.165) is 44.7 Å². The molecule has 1 aliphatic rings. The van der Waals surface area contributed by atoms with Crippen LogP contribution in [0.1, 0.15) is 31.7 Å². The van der Waals surface area contributed by atoms with Gasteiger partial charge in [0.2, 0.25) is 5.95 Å². The quantitative estimate of drug-likeness (QED) is 0.487. The molecule has 9 heteroatoms. The van der Waals surface area contributed by atoms with Crippen molar-refractivity contribution in [2.75, 3.05) is 24.6 Å². The van der Waals surface area contributed by atoms with Gasteiger partial charge in [-0.1, -0.05) is 5.16 Å². The lowest BCUT2D eigenvalue weighted by Crippen LogP contribution is -2.35. The largest absolute Gasteiger partial charge is 0.419 e. The molecule has 6 nitrogen and oxygen atoms in total. The maximum Gasteiger partial charge on any atom is 0.419 e. The number of hydrogen-bond acceptors (Lipinski definition) is 6. The number of nitrogens with two attached hydrogens (primary N) is 1. The van der Waals surface area contributed by atoms with E-state index >= 15 is 0 Å². The number of hydrogen-bond donors (Lipinski definition) is 1. The predicted octanol–water partition coefficient (Wildman–Crippen LogP) is 2.45. The van der Waals surface area contributed by atoms with Gasteiger partial charge in [0.05, 0.1) is 11.8 Å². The molecule has 1 aromatic heterocycles. The third kappa shape index (κ3) is 5.63. The first-order valence-corrected chi connectivity index (χ1v) is 7.91. The van der Waals surface area contributed by atoms with Crippen LogP contribution in [0.2, 0.25) is 0 Å². The molecule has 0 aliphatic carbocycles. The van der Waals surface area contributed by atoms with Crippen LogP contribution in [0.4, 0.5) is 19.1 Å². The molecule has 0 amide bonds. The van der Waals surface area contributed by atoms with E-state index in [1.54, 1.807) is 6.21 Å². The smallest absolute Gasteiger partial charge is 0.396 e. The molecule has 2 N–H and O–H groups in total. The SMILES string of the molecule is CC(N)/C=N/OCCC1CCN(c2ncc(C(F)(F)F)cn2)CC1. The van der Waals surface area contributed by atoms with Crippen LogP contribution < -0.4 is 10.6 Å². The zero-order valence-electron chi connectivity index (χ0n) is 13.5. The zero-order chi connectivity index (χ0) is 17.6. The molecule has 1 atom stereocenters. The van der Waals surface area contributed by atoms with Gasteiger partial charge in [-0.3, -0.25) is 0 Å². The fraction of sp³-hybridized carbons (Fsp3) is 0.667. The summed E-state index contributed by atoms with van der Waals surface area (Å²) in [7, 11) is 0. The lowest BCUT2D eigenvalue weighted by atomic mass is 9.94. The molecule has 0 saturated carbocycles. The Morgan fingerprint density at radius 2 is 2.00 bits per heavy atom. The Morgan fingerprint density at radius 3 is 2.54 bits per heavy atom.